The van der Waals surface area contributed by atoms with Crippen LogP contribution < -0.4 is 16.0 Å². The number of aromatic amines is 1. The van der Waals surface area contributed by atoms with Gasteiger partial charge in [-0.2, -0.15) is 0 Å². The number of methoxy groups -OCH3 is 1. The first kappa shape index (κ1) is 33.4. The Morgan fingerprint density at radius 3 is 2.36 bits per heavy atom. The Balaban J connectivity index is 1.61. The van der Waals surface area contributed by atoms with Crippen LogP contribution >= 0.6 is 0 Å². The van der Waals surface area contributed by atoms with Gasteiger partial charge < -0.3 is 35.3 Å². The summed E-state index contributed by atoms with van der Waals surface area (Å²) in [6, 6.07) is 16.6. The summed E-state index contributed by atoms with van der Waals surface area (Å²) in [5, 5.41) is 9.52. The molecule has 4 N–H and O–H groups in total. The smallest absolute Gasteiger partial charge is 0.408 e. The fourth-order valence-electron chi connectivity index (χ4n) is 5.76. The Hall–Kier alpha value is -4.54. The molecule has 0 aliphatic carbocycles. The summed E-state index contributed by atoms with van der Waals surface area (Å²) in [6.07, 6.45) is 2.53. The molecule has 45 heavy (non-hydrogen) atoms. The highest BCUT2D eigenvalue weighted by atomic mass is 16.6. The van der Waals surface area contributed by atoms with E-state index in [1.807, 2.05) is 60.8 Å². The van der Waals surface area contributed by atoms with Gasteiger partial charge in [0.05, 0.1) is 12.6 Å². The number of piperidine rings is 1. The number of amides is 4. The lowest BCUT2D eigenvalue weighted by Crippen LogP contribution is -2.64. The summed E-state index contributed by atoms with van der Waals surface area (Å²) in [5.74, 6) is -0.822. The van der Waals surface area contributed by atoms with E-state index in [0.717, 1.165) is 22.0 Å². The zero-order valence-electron chi connectivity index (χ0n) is 27.0. The van der Waals surface area contributed by atoms with Gasteiger partial charge >= 0.3 is 12.2 Å². The van der Waals surface area contributed by atoms with Crippen molar-refractivity contribution in [2.75, 3.05) is 20.2 Å². The molecule has 4 amide bonds. The fourth-order valence-corrected chi connectivity index (χ4v) is 5.76. The van der Waals surface area contributed by atoms with Crippen LogP contribution in [-0.2, 0) is 31.9 Å². The second-order valence-corrected chi connectivity index (χ2v) is 13.3. The van der Waals surface area contributed by atoms with Crippen molar-refractivity contribution in [2.24, 2.45) is 0 Å². The molecule has 0 radical (unpaired) electrons. The molecule has 1 aliphatic heterocycles. The lowest BCUT2D eigenvalue weighted by atomic mass is 9.82. The van der Waals surface area contributed by atoms with Crippen molar-refractivity contribution < 1.29 is 28.7 Å². The molecule has 0 spiro atoms. The summed E-state index contributed by atoms with van der Waals surface area (Å²) >= 11 is 0. The molecule has 11 heteroatoms. The normalized spacial score (nSPS) is 17.7. The van der Waals surface area contributed by atoms with E-state index in [0.29, 0.717) is 25.8 Å². The Morgan fingerprint density at radius 2 is 1.67 bits per heavy atom. The third kappa shape index (κ3) is 8.77. The monoisotopic (exact) mass is 619 g/mol. The first-order chi connectivity index (χ1) is 21.2. The van der Waals surface area contributed by atoms with Gasteiger partial charge in [0.15, 0.2) is 0 Å². The van der Waals surface area contributed by atoms with Crippen LogP contribution in [0.3, 0.4) is 0 Å². The predicted octanol–water partition coefficient (Wildman–Crippen LogP) is 4.46. The first-order valence-corrected chi connectivity index (χ1v) is 15.3. The summed E-state index contributed by atoms with van der Waals surface area (Å²) in [5.41, 5.74) is -0.103. The summed E-state index contributed by atoms with van der Waals surface area (Å²) in [6.45, 7) is 9.02. The van der Waals surface area contributed by atoms with E-state index in [9.17, 15) is 19.2 Å². The van der Waals surface area contributed by atoms with E-state index >= 15 is 0 Å². The molecule has 1 aliphatic rings. The van der Waals surface area contributed by atoms with Crippen molar-refractivity contribution in [3.8, 4) is 0 Å². The highest BCUT2D eigenvalue weighted by Crippen LogP contribution is 2.28. The molecule has 1 fully saturated rings. The van der Waals surface area contributed by atoms with E-state index in [1.54, 1.807) is 39.5 Å². The molecule has 4 rings (SSSR count). The standard InChI is InChI=1S/C34H45N5O6/c1-32(2,3)45-31(43)37-33(4,5)29(41)36-27(19-24-21-35-26-16-11-10-15-25(24)26)28(40)39-18-12-17-34(22-39,38-30(42)44-6)20-23-13-8-7-9-14-23/h7-11,13-16,21,27,35H,12,17-20,22H2,1-6H3,(H,36,41)(H,37,43)(H,38,42). The number of fused-ring (bicyclic) bond motifs is 1. The second-order valence-electron chi connectivity index (χ2n) is 13.3. The molecular formula is C34H45N5O6. The third-order valence-electron chi connectivity index (χ3n) is 7.91. The van der Waals surface area contributed by atoms with Gasteiger partial charge in [-0.1, -0.05) is 48.5 Å². The lowest BCUT2D eigenvalue weighted by Gasteiger charge is -2.44. The average Bonchev–Trinajstić information content (AvgIpc) is 3.38. The van der Waals surface area contributed by atoms with Gasteiger partial charge in [0.2, 0.25) is 11.8 Å². The van der Waals surface area contributed by atoms with Crippen molar-refractivity contribution in [3.05, 3.63) is 71.9 Å². The van der Waals surface area contributed by atoms with Crippen molar-refractivity contribution >= 4 is 34.9 Å². The maximum absolute atomic E-state index is 14.4. The van der Waals surface area contributed by atoms with E-state index in [1.165, 1.54) is 7.11 Å². The minimum absolute atomic E-state index is 0.212. The van der Waals surface area contributed by atoms with Crippen LogP contribution in [0, 0.1) is 0 Å². The summed E-state index contributed by atoms with van der Waals surface area (Å²) in [7, 11) is 1.32. The van der Waals surface area contributed by atoms with Gasteiger partial charge in [0.1, 0.15) is 17.2 Å². The van der Waals surface area contributed by atoms with Crippen LogP contribution in [0.5, 0.6) is 0 Å². The third-order valence-corrected chi connectivity index (χ3v) is 7.91. The van der Waals surface area contributed by atoms with Crippen LogP contribution in [-0.4, -0.2) is 76.8 Å². The maximum atomic E-state index is 14.4. The number of aromatic nitrogens is 1. The van der Waals surface area contributed by atoms with Crippen LogP contribution in [0.15, 0.2) is 60.8 Å². The number of para-hydroxylation sites is 1. The Morgan fingerprint density at radius 1 is 0.978 bits per heavy atom. The zero-order chi connectivity index (χ0) is 32.8. The summed E-state index contributed by atoms with van der Waals surface area (Å²) in [4.78, 5) is 58.0. The largest absolute Gasteiger partial charge is 0.453 e. The highest BCUT2D eigenvalue weighted by Gasteiger charge is 2.42. The average molecular weight is 620 g/mol. The molecule has 3 aromatic rings. The van der Waals surface area contributed by atoms with Gasteiger partial charge in [0, 0.05) is 36.6 Å². The molecule has 1 saturated heterocycles. The number of likely N-dealkylation sites (tertiary alicyclic amines) is 1. The van der Waals surface area contributed by atoms with Crippen molar-refractivity contribution in [1.29, 1.82) is 0 Å². The number of hydrogen-bond donors (Lipinski definition) is 4. The van der Waals surface area contributed by atoms with Crippen LogP contribution in [0.4, 0.5) is 9.59 Å². The van der Waals surface area contributed by atoms with Gasteiger partial charge in [-0.25, -0.2) is 9.59 Å². The van der Waals surface area contributed by atoms with Crippen LogP contribution in [0.1, 0.15) is 58.6 Å². The molecule has 2 atom stereocenters. The maximum Gasteiger partial charge on any atom is 0.408 e. The number of alkyl carbamates (subject to hydrolysis) is 2. The van der Waals surface area contributed by atoms with E-state index in [2.05, 4.69) is 20.9 Å². The molecule has 1 aromatic heterocycles. The number of nitrogens with one attached hydrogen (secondary N) is 4. The number of ether oxygens (including phenoxy) is 2. The first-order valence-electron chi connectivity index (χ1n) is 15.3. The molecule has 2 heterocycles. The van der Waals surface area contributed by atoms with Gasteiger partial charge in [-0.15, -0.1) is 0 Å². The predicted molar refractivity (Wildman–Crippen MR) is 172 cm³/mol. The quantitative estimate of drug-likeness (QED) is 0.279. The molecule has 2 aromatic carbocycles. The fraction of sp³-hybridized carbons (Fsp3) is 0.471. The Labute approximate surface area is 264 Å². The summed E-state index contributed by atoms with van der Waals surface area (Å²) < 4.78 is 10.3. The number of nitrogens with zero attached hydrogens (tertiary/aromatic N) is 1. The van der Waals surface area contributed by atoms with Gasteiger partial charge in [-0.3, -0.25) is 9.59 Å². The molecule has 0 saturated carbocycles. The highest BCUT2D eigenvalue weighted by molar-refractivity contribution is 5.94. The van der Waals surface area contributed by atoms with E-state index in [4.69, 9.17) is 9.47 Å². The van der Waals surface area contributed by atoms with Crippen molar-refractivity contribution in [3.63, 3.8) is 0 Å². The molecule has 11 nitrogen and oxygen atoms in total. The van der Waals surface area contributed by atoms with Crippen molar-refractivity contribution in [1.82, 2.24) is 25.8 Å². The molecular weight excluding hydrogens is 574 g/mol. The lowest BCUT2D eigenvalue weighted by molar-refractivity contribution is -0.139. The zero-order valence-corrected chi connectivity index (χ0v) is 27.0. The number of rotatable bonds is 9. The number of H-pyrrole nitrogens is 1. The number of carbonyl (C=O) groups is 4. The molecule has 2 unspecified atom stereocenters. The molecule has 0 bridgehead atoms. The number of benzene rings is 2. The minimum Gasteiger partial charge on any atom is -0.453 e. The van der Waals surface area contributed by atoms with Gasteiger partial charge in [-0.05, 0) is 71.1 Å². The second kappa shape index (κ2) is 13.6. The van der Waals surface area contributed by atoms with Crippen molar-refractivity contribution in [2.45, 2.75) is 83.0 Å². The minimum atomic E-state index is -1.38. The van der Waals surface area contributed by atoms with Crippen LogP contribution in [0.25, 0.3) is 10.9 Å². The number of hydrogen-bond acceptors (Lipinski definition) is 6. The van der Waals surface area contributed by atoms with E-state index in [-0.39, 0.29) is 18.9 Å². The molecule has 242 valence electrons. The van der Waals surface area contributed by atoms with E-state index < -0.39 is 40.8 Å². The van der Waals surface area contributed by atoms with Crippen LogP contribution in [0.2, 0.25) is 0 Å². The Kier molecular flexibility index (Phi) is 10.1. The van der Waals surface area contributed by atoms with Gasteiger partial charge in [0.25, 0.3) is 0 Å². The number of carbonyl (C=O) groups excluding carboxylic acids is 4. The SMILES string of the molecule is COC(=O)NC1(Cc2ccccc2)CCCN(C(=O)C(Cc2c[nH]c3ccccc23)NC(=O)C(C)(C)NC(=O)OC(C)(C)C)C1. The Bertz CT molecular complexity index is 1510. The topological polar surface area (TPSA) is 142 Å².